The standard InChI is InChI=1S/C24H25FN2O3S/c1-2-27(14-19-16-29-20-6-3-4-7-21(20)30-19)15-23(28)26-24(22-8-5-13-31-22)17-9-11-18(25)12-10-17/h3-13,19,24H,2,14-16H2,1H3,(H,26,28). The van der Waals surface area contributed by atoms with Crippen molar-refractivity contribution in [3.8, 4) is 11.5 Å². The average Bonchev–Trinajstić information content (AvgIpc) is 3.32. The molecular weight excluding hydrogens is 415 g/mol. The molecule has 1 N–H and O–H groups in total. The maximum atomic E-state index is 13.4. The summed E-state index contributed by atoms with van der Waals surface area (Å²) in [4.78, 5) is 15.9. The first kappa shape index (κ1) is 21.3. The number of fused-ring (bicyclic) bond motifs is 1. The van der Waals surface area contributed by atoms with Crippen LogP contribution in [0.2, 0.25) is 0 Å². The topological polar surface area (TPSA) is 50.8 Å². The molecule has 1 aliphatic rings. The van der Waals surface area contributed by atoms with E-state index >= 15 is 0 Å². The zero-order chi connectivity index (χ0) is 21.6. The summed E-state index contributed by atoms with van der Waals surface area (Å²) in [7, 11) is 0. The first-order valence-electron chi connectivity index (χ1n) is 10.3. The van der Waals surface area contributed by atoms with Crippen LogP contribution in [0, 0.1) is 5.82 Å². The monoisotopic (exact) mass is 440 g/mol. The Morgan fingerprint density at radius 2 is 1.94 bits per heavy atom. The van der Waals surface area contributed by atoms with Crippen LogP contribution in [0.25, 0.3) is 0 Å². The van der Waals surface area contributed by atoms with E-state index in [-0.39, 0.29) is 30.4 Å². The number of rotatable bonds is 8. The van der Waals surface area contributed by atoms with Gasteiger partial charge in [-0.1, -0.05) is 37.3 Å². The van der Waals surface area contributed by atoms with Gasteiger partial charge in [-0.2, -0.15) is 0 Å². The average molecular weight is 441 g/mol. The summed E-state index contributed by atoms with van der Waals surface area (Å²) in [5.41, 5.74) is 0.848. The van der Waals surface area contributed by atoms with Crippen molar-refractivity contribution in [2.24, 2.45) is 0 Å². The summed E-state index contributed by atoms with van der Waals surface area (Å²) < 4.78 is 25.2. The van der Waals surface area contributed by atoms with E-state index in [9.17, 15) is 9.18 Å². The number of amides is 1. The zero-order valence-corrected chi connectivity index (χ0v) is 18.1. The van der Waals surface area contributed by atoms with E-state index in [1.165, 1.54) is 12.1 Å². The van der Waals surface area contributed by atoms with Crippen LogP contribution in [0.3, 0.4) is 0 Å². The summed E-state index contributed by atoms with van der Waals surface area (Å²) in [6.07, 6.45) is -0.146. The number of hydrogen-bond acceptors (Lipinski definition) is 5. The Kier molecular flexibility index (Phi) is 6.84. The molecule has 162 valence electrons. The summed E-state index contributed by atoms with van der Waals surface area (Å²) >= 11 is 1.56. The van der Waals surface area contributed by atoms with Crippen LogP contribution >= 0.6 is 11.3 Å². The molecule has 31 heavy (non-hydrogen) atoms. The number of likely N-dealkylation sites (N-methyl/N-ethyl adjacent to an activating group) is 1. The fourth-order valence-corrected chi connectivity index (χ4v) is 4.39. The van der Waals surface area contributed by atoms with Gasteiger partial charge in [-0.15, -0.1) is 11.3 Å². The van der Waals surface area contributed by atoms with E-state index < -0.39 is 0 Å². The number of halogens is 1. The van der Waals surface area contributed by atoms with Gasteiger partial charge in [0.25, 0.3) is 0 Å². The normalized spacial score (nSPS) is 16.2. The van der Waals surface area contributed by atoms with Crippen molar-refractivity contribution < 1.29 is 18.7 Å². The molecule has 0 aliphatic carbocycles. The third-order valence-electron chi connectivity index (χ3n) is 5.18. The fraction of sp³-hybridized carbons (Fsp3) is 0.292. The lowest BCUT2D eigenvalue weighted by molar-refractivity contribution is -0.123. The van der Waals surface area contributed by atoms with Gasteiger partial charge in [0.1, 0.15) is 18.5 Å². The number of nitrogens with zero attached hydrogens (tertiary/aromatic N) is 1. The number of thiophene rings is 1. The molecule has 4 rings (SSSR count). The molecule has 0 radical (unpaired) electrons. The molecule has 3 aromatic rings. The summed E-state index contributed by atoms with van der Waals surface area (Å²) in [6.45, 7) is 3.98. The fourth-order valence-electron chi connectivity index (χ4n) is 3.59. The smallest absolute Gasteiger partial charge is 0.234 e. The van der Waals surface area contributed by atoms with E-state index in [2.05, 4.69) is 5.32 Å². The quantitative estimate of drug-likeness (QED) is 0.569. The zero-order valence-electron chi connectivity index (χ0n) is 17.3. The lowest BCUT2D eigenvalue weighted by Gasteiger charge is -2.31. The van der Waals surface area contributed by atoms with Gasteiger partial charge in [0.05, 0.1) is 12.6 Å². The van der Waals surface area contributed by atoms with Crippen LogP contribution in [-0.4, -0.2) is 43.2 Å². The van der Waals surface area contributed by atoms with Crippen LogP contribution in [0.1, 0.15) is 23.4 Å². The Balaban J connectivity index is 1.39. The highest BCUT2D eigenvalue weighted by molar-refractivity contribution is 7.10. The minimum atomic E-state index is -0.312. The Morgan fingerprint density at radius 1 is 1.16 bits per heavy atom. The molecule has 2 atom stereocenters. The van der Waals surface area contributed by atoms with Crippen LogP contribution in [0.4, 0.5) is 4.39 Å². The first-order valence-corrected chi connectivity index (χ1v) is 11.2. The molecule has 7 heteroatoms. The first-order chi connectivity index (χ1) is 15.1. The van der Waals surface area contributed by atoms with Gasteiger partial charge in [0.2, 0.25) is 5.91 Å². The van der Waals surface area contributed by atoms with E-state index in [4.69, 9.17) is 9.47 Å². The van der Waals surface area contributed by atoms with E-state index in [1.807, 2.05) is 53.6 Å². The van der Waals surface area contributed by atoms with Crippen LogP contribution in [0.15, 0.2) is 66.0 Å². The highest BCUT2D eigenvalue weighted by Crippen LogP contribution is 2.31. The molecule has 1 aliphatic heterocycles. The predicted molar refractivity (Wildman–Crippen MR) is 119 cm³/mol. The predicted octanol–water partition coefficient (Wildman–Crippen LogP) is 4.25. The summed E-state index contributed by atoms with van der Waals surface area (Å²) in [5, 5.41) is 5.08. The second kappa shape index (κ2) is 9.94. The molecule has 1 amide bonds. The second-order valence-electron chi connectivity index (χ2n) is 7.39. The van der Waals surface area contributed by atoms with Crippen molar-refractivity contribution >= 4 is 17.2 Å². The number of ether oxygens (including phenoxy) is 2. The number of para-hydroxylation sites is 2. The lowest BCUT2D eigenvalue weighted by atomic mass is 10.1. The number of benzene rings is 2. The van der Waals surface area contributed by atoms with Crippen molar-refractivity contribution in [3.63, 3.8) is 0 Å². The molecular formula is C24H25FN2O3S. The maximum Gasteiger partial charge on any atom is 0.234 e. The van der Waals surface area contributed by atoms with Gasteiger partial charge in [0, 0.05) is 11.4 Å². The Labute approximate surface area is 185 Å². The Hall–Kier alpha value is -2.90. The van der Waals surface area contributed by atoms with E-state index in [0.29, 0.717) is 19.7 Å². The maximum absolute atomic E-state index is 13.4. The van der Waals surface area contributed by atoms with Crippen molar-refractivity contribution in [2.75, 3.05) is 26.2 Å². The van der Waals surface area contributed by atoms with Gasteiger partial charge in [-0.05, 0) is 47.8 Å². The highest BCUT2D eigenvalue weighted by Gasteiger charge is 2.25. The van der Waals surface area contributed by atoms with Crippen LogP contribution in [0.5, 0.6) is 11.5 Å². The minimum absolute atomic E-state index is 0.0956. The second-order valence-corrected chi connectivity index (χ2v) is 8.37. The summed E-state index contributed by atoms with van der Waals surface area (Å²) in [5.74, 6) is 1.08. The van der Waals surface area contributed by atoms with Crippen LogP contribution in [-0.2, 0) is 4.79 Å². The molecule has 0 saturated heterocycles. The van der Waals surface area contributed by atoms with Crippen molar-refractivity contribution in [2.45, 2.75) is 19.1 Å². The number of hydrogen-bond donors (Lipinski definition) is 1. The number of nitrogens with one attached hydrogen (secondary N) is 1. The molecule has 2 aromatic carbocycles. The molecule has 0 fully saturated rings. The SMILES string of the molecule is CCN(CC(=O)NC(c1ccc(F)cc1)c1cccs1)CC1COc2ccccc2O1. The molecule has 0 spiro atoms. The summed E-state index contributed by atoms with van der Waals surface area (Å²) in [6, 6.07) is 17.5. The van der Waals surface area contributed by atoms with Gasteiger partial charge < -0.3 is 14.8 Å². The van der Waals surface area contributed by atoms with Crippen molar-refractivity contribution in [1.82, 2.24) is 10.2 Å². The van der Waals surface area contributed by atoms with Crippen molar-refractivity contribution in [3.05, 3.63) is 82.3 Å². The molecule has 0 saturated carbocycles. The minimum Gasteiger partial charge on any atom is -0.486 e. The van der Waals surface area contributed by atoms with Crippen molar-refractivity contribution in [1.29, 1.82) is 0 Å². The van der Waals surface area contributed by atoms with Gasteiger partial charge >= 0.3 is 0 Å². The lowest BCUT2D eigenvalue weighted by Crippen LogP contribution is -2.45. The van der Waals surface area contributed by atoms with E-state index in [1.54, 1.807) is 23.5 Å². The van der Waals surface area contributed by atoms with Gasteiger partial charge in [0.15, 0.2) is 11.5 Å². The molecule has 0 bridgehead atoms. The number of carbonyl (C=O) groups excluding carboxylic acids is 1. The molecule has 1 aromatic heterocycles. The Morgan fingerprint density at radius 3 is 2.65 bits per heavy atom. The third kappa shape index (κ3) is 5.42. The van der Waals surface area contributed by atoms with Gasteiger partial charge in [-0.25, -0.2) is 4.39 Å². The van der Waals surface area contributed by atoms with Gasteiger partial charge in [-0.3, -0.25) is 9.69 Å². The third-order valence-corrected chi connectivity index (χ3v) is 6.12. The van der Waals surface area contributed by atoms with Crippen LogP contribution < -0.4 is 14.8 Å². The molecule has 2 unspecified atom stereocenters. The number of carbonyl (C=O) groups is 1. The molecule has 5 nitrogen and oxygen atoms in total. The molecule has 2 heterocycles. The highest BCUT2D eigenvalue weighted by atomic mass is 32.1. The largest absolute Gasteiger partial charge is 0.486 e. The van der Waals surface area contributed by atoms with E-state index in [0.717, 1.165) is 21.9 Å². The Bertz CT molecular complexity index is 994.